The lowest BCUT2D eigenvalue weighted by Crippen LogP contribution is -2.18. The van der Waals surface area contributed by atoms with Gasteiger partial charge in [0.05, 0.1) is 5.71 Å². The van der Waals surface area contributed by atoms with Crippen molar-refractivity contribution in [1.29, 1.82) is 0 Å². The second kappa shape index (κ2) is 6.18. The summed E-state index contributed by atoms with van der Waals surface area (Å²) in [6.45, 7) is 14.9. The quantitative estimate of drug-likeness (QED) is 0.788. The van der Waals surface area contributed by atoms with Crippen molar-refractivity contribution in [3.05, 3.63) is 28.8 Å². The fraction of sp³-hybridized carbons (Fsp3) is 0.650. The molecule has 0 fully saturated rings. The van der Waals surface area contributed by atoms with Gasteiger partial charge in [-0.05, 0) is 46.1 Å². The summed E-state index contributed by atoms with van der Waals surface area (Å²) < 4.78 is 0. The van der Waals surface area contributed by atoms with Crippen molar-refractivity contribution >= 4 is 5.71 Å². The van der Waals surface area contributed by atoms with Crippen LogP contribution >= 0.6 is 0 Å². The summed E-state index contributed by atoms with van der Waals surface area (Å²) in [4.78, 5) is 5.69. The van der Waals surface area contributed by atoms with E-state index in [9.17, 15) is 5.11 Å². The zero-order chi connectivity index (χ0) is 17.4. The van der Waals surface area contributed by atoms with Gasteiger partial charge in [-0.3, -0.25) is 0 Å². The number of rotatable bonds is 3. The molecule has 1 N–H and O–H groups in total. The third kappa shape index (κ3) is 3.88. The van der Waals surface area contributed by atoms with Crippen LogP contribution in [0.3, 0.4) is 0 Å². The summed E-state index contributed by atoms with van der Waals surface area (Å²) in [7, 11) is 0. The molecule has 1 atom stereocenters. The Morgan fingerprint density at radius 1 is 1.09 bits per heavy atom. The molecule has 1 unspecified atom stereocenters. The molecular weight excluding hydrogens is 286 g/mol. The number of oxime groups is 1. The van der Waals surface area contributed by atoms with Crippen LogP contribution in [0.15, 0.2) is 17.3 Å². The largest absolute Gasteiger partial charge is 0.507 e. The Hall–Kier alpha value is -1.51. The SMILES string of the molecule is CCCC1=NOC(c2cc(C(C)(C)C)c(O)c(C(C)(C)C)c2)C1. The topological polar surface area (TPSA) is 41.8 Å². The predicted octanol–water partition coefficient (Wildman–Crippen LogP) is 5.60. The molecule has 0 amide bonds. The maximum atomic E-state index is 10.8. The Balaban J connectivity index is 2.46. The molecule has 2 rings (SSSR count). The van der Waals surface area contributed by atoms with Crippen LogP contribution in [0.4, 0.5) is 0 Å². The number of phenols is 1. The predicted molar refractivity (Wildman–Crippen MR) is 96.3 cm³/mol. The third-order valence-corrected chi connectivity index (χ3v) is 4.39. The van der Waals surface area contributed by atoms with Crippen molar-refractivity contribution in [3.8, 4) is 5.75 Å². The van der Waals surface area contributed by atoms with E-state index in [2.05, 4.69) is 65.8 Å². The first kappa shape index (κ1) is 17.8. The van der Waals surface area contributed by atoms with Gasteiger partial charge in [0.25, 0.3) is 0 Å². The Bertz CT molecular complexity index is 568. The summed E-state index contributed by atoms with van der Waals surface area (Å²) in [5, 5.41) is 15.0. The zero-order valence-electron chi connectivity index (χ0n) is 15.7. The molecule has 23 heavy (non-hydrogen) atoms. The summed E-state index contributed by atoms with van der Waals surface area (Å²) in [5.74, 6) is 0.418. The van der Waals surface area contributed by atoms with Gasteiger partial charge >= 0.3 is 0 Å². The molecular formula is C20H31NO2. The van der Waals surface area contributed by atoms with Crippen LogP contribution in [0.2, 0.25) is 0 Å². The van der Waals surface area contributed by atoms with E-state index in [1.807, 2.05) is 0 Å². The number of phenolic OH excluding ortho intramolecular Hbond substituents is 1. The van der Waals surface area contributed by atoms with E-state index in [1.165, 1.54) is 0 Å². The van der Waals surface area contributed by atoms with E-state index >= 15 is 0 Å². The fourth-order valence-electron chi connectivity index (χ4n) is 3.03. The summed E-state index contributed by atoms with van der Waals surface area (Å²) >= 11 is 0. The highest BCUT2D eigenvalue weighted by Gasteiger charge is 2.30. The van der Waals surface area contributed by atoms with Gasteiger partial charge in [-0.1, -0.05) is 60.0 Å². The Morgan fingerprint density at radius 3 is 2.04 bits per heavy atom. The number of hydrogen-bond acceptors (Lipinski definition) is 3. The smallest absolute Gasteiger partial charge is 0.157 e. The number of benzene rings is 1. The van der Waals surface area contributed by atoms with Crippen molar-refractivity contribution in [3.63, 3.8) is 0 Å². The minimum atomic E-state index is -0.119. The first-order valence-corrected chi connectivity index (χ1v) is 8.63. The van der Waals surface area contributed by atoms with Gasteiger partial charge in [0.15, 0.2) is 6.10 Å². The fourth-order valence-corrected chi connectivity index (χ4v) is 3.03. The van der Waals surface area contributed by atoms with Gasteiger partial charge in [-0.2, -0.15) is 0 Å². The van der Waals surface area contributed by atoms with Crippen LogP contribution in [0.5, 0.6) is 5.75 Å². The second-order valence-corrected chi connectivity index (χ2v) is 8.67. The van der Waals surface area contributed by atoms with Crippen LogP contribution in [0.1, 0.15) is 90.5 Å². The molecule has 3 nitrogen and oxygen atoms in total. The maximum Gasteiger partial charge on any atom is 0.157 e. The van der Waals surface area contributed by atoms with Gasteiger partial charge in [0, 0.05) is 6.42 Å². The number of hydrogen-bond donors (Lipinski definition) is 1. The Labute approximate surface area is 140 Å². The van der Waals surface area contributed by atoms with Gasteiger partial charge in [-0.25, -0.2) is 0 Å². The molecule has 0 radical (unpaired) electrons. The molecule has 1 aromatic carbocycles. The lowest BCUT2D eigenvalue weighted by molar-refractivity contribution is 0.0854. The van der Waals surface area contributed by atoms with Crippen molar-refractivity contribution in [1.82, 2.24) is 0 Å². The van der Waals surface area contributed by atoms with Gasteiger partial charge in [0.2, 0.25) is 0 Å². The Kier molecular flexibility index (Phi) is 4.79. The number of nitrogens with zero attached hydrogens (tertiary/aromatic N) is 1. The summed E-state index contributed by atoms with van der Waals surface area (Å²) in [6.07, 6.45) is 2.91. The van der Waals surface area contributed by atoms with Crippen LogP contribution in [0, 0.1) is 0 Å². The minimum absolute atomic E-state index is 0.0284. The molecule has 128 valence electrons. The van der Waals surface area contributed by atoms with Crippen LogP contribution in [-0.4, -0.2) is 10.8 Å². The highest BCUT2D eigenvalue weighted by atomic mass is 16.6. The van der Waals surface area contributed by atoms with Gasteiger partial charge in [-0.15, -0.1) is 0 Å². The average Bonchev–Trinajstić information content (AvgIpc) is 2.85. The zero-order valence-corrected chi connectivity index (χ0v) is 15.7. The Morgan fingerprint density at radius 2 is 1.61 bits per heavy atom. The maximum absolute atomic E-state index is 10.8. The lowest BCUT2D eigenvalue weighted by Gasteiger charge is -2.29. The summed E-state index contributed by atoms with van der Waals surface area (Å²) in [5.41, 5.74) is 3.98. The molecule has 0 saturated heterocycles. The van der Waals surface area contributed by atoms with Crippen LogP contribution in [-0.2, 0) is 15.7 Å². The molecule has 0 spiro atoms. The highest BCUT2D eigenvalue weighted by Crippen LogP contribution is 2.42. The standard InChI is InChI=1S/C20H31NO2/c1-8-9-14-12-17(23-21-14)13-10-15(19(2,3)4)18(22)16(11-13)20(5,6)7/h10-11,17,22H,8-9,12H2,1-7H3. The van der Waals surface area contributed by atoms with Gasteiger partial charge < -0.3 is 9.94 Å². The second-order valence-electron chi connectivity index (χ2n) is 8.67. The lowest BCUT2D eigenvalue weighted by atomic mass is 9.77. The van der Waals surface area contributed by atoms with Crippen molar-refractivity contribution in [2.24, 2.45) is 5.16 Å². The first-order chi connectivity index (χ1) is 10.5. The monoisotopic (exact) mass is 317 g/mol. The molecule has 1 aromatic rings. The molecule has 3 heteroatoms. The number of aromatic hydroxyl groups is 1. The summed E-state index contributed by atoms with van der Waals surface area (Å²) in [6, 6.07) is 4.19. The molecule has 1 heterocycles. The third-order valence-electron chi connectivity index (χ3n) is 4.39. The van der Waals surface area contributed by atoms with Crippen LogP contribution < -0.4 is 0 Å². The molecule has 0 saturated carbocycles. The van der Waals surface area contributed by atoms with Crippen molar-refractivity contribution in [2.45, 2.75) is 84.7 Å². The van der Waals surface area contributed by atoms with Crippen molar-refractivity contribution < 1.29 is 9.94 Å². The molecule has 0 bridgehead atoms. The van der Waals surface area contributed by atoms with E-state index < -0.39 is 0 Å². The molecule has 1 aliphatic rings. The van der Waals surface area contributed by atoms with Crippen LogP contribution in [0.25, 0.3) is 0 Å². The normalized spacial score (nSPS) is 18.7. The molecule has 0 aromatic heterocycles. The van der Waals surface area contributed by atoms with E-state index in [1.54, 1.807) is 0 Å². The van der Waals surface area contributed by atoms with E-state index in [0.717, 1.165) is 41.7 Å². The minimum Gasteiger partial charge on any atom is -0.507 e. The van der Waals surface area contributed by atoms with E-state index in [0.29, 0.717) is 5.75 Å². The first-order valence-electron chi connectivity index (χ1n) is 8.63. The van der Waals surface area contributed by atoms with Crippen molar-refractivity contribution in [2.75, 3.05) is 0 Å². The van der Waals surface area contributed by atoms with E-state index in [4.69, 9.17) is 4.84 Å². The molecule has 0 aliphatic carbocycles. The van der Waals surface area contributed by atoms with Gasteiger partial charge in [0.1, 0.15) is 5.75 Å². The molecule has 1 aliphatic heterocycles. The highest BCUT2D eigenvalue weighted by molar-refractivity contribution is 5.85. The van der Waals surface area contributed by atoms with E-state index in [-0.39, 0.29) is 16.9 Å². The average molecular weight is 317 g/mol.